The molecule has 1 rings (SSSR count). The van der Waals surface area contributed by atoms with Crippen LogP contribution in [0.25, 0.3) is 0 Å². The molecule has 11 nitrogen and oxygen atoms in total. The number of unbranched alkanes of at least 4 members (excludes halogenated alkanes) is 18. The maximum Gasteiger partial charge on any atom is 0.305 e. The van der Waals surface area contributed by atoms with Gasteiger partial charge in [-0.25, -0.2) is 0 Å². The Labute approximate surface area is 392 Å². The van der Waals surface area contributed by atoms with E-state index in [1.165, 1.54) is 51.4 Å². The van der Waals surface area contributed by atoms with Gasteiger partial charge in [0.1, 0.15) is 0 Å². The van der Waals surface area contributed by atoms with Crippen molar-refractivity contribution in [3.8, 4) is 0 Å². The molecule has 0 aromatic carbocycles. The molecule has 376 valence electrons. The average Bonchev–Trinajstić information content (AvgIpc) is 3.29. The normalized spacial score (nSPS) is 13.6. The molecule has 1 aliphatic rings. The van der Waals surface area contributed by atoms with Crippen molar-refractivity contribution in [1.29, 1.82) is 0 Å². The van der Waals surface area contributed by atoms with E-state index in [0.717, 1.165) is 155 Å². The van der Waals surface area contributed by atoms with Crippen molar-refractivity contribution in [3.63, 3.8) is 0 Å². The van der Waals surface area contributed by atoms with E-state index in [1.807, 2.05) is 0 Å². The summed E-state index contributed by atoms with van der Waals surface area (Å²) in [7, 11) is 0. The molecule has 1 fully saturated rings. The Kier molecular flexibility index (Phi) is 40.5. The van der Waals surface area contributed by atoms with Crippen LogP contribution in [-0.2, 0) is 38.1 Å². The van der Waals surface area contributed by atoms with Gasteiger partial charge in [-0.1, -0.05) is 143 Å². The van der Waals surface area contributed by atoms with Crippen LogP contribution >= 0.6 is 0 Å². The van der Waals surface area contributed by atoms with E-state index in [1.54, 1.807) is 0 Å². The second-order valence-corrected chi connectivity index (χ2v) is 18.9. The third kappa shape index (κ3) is 35.0. The lowest BCUT2D eigenvalue weighted by Gasteiger charge is -2.38. The van der Waals surface area contributed by atoms with E-state index in [4.69, 9.17) is 18.9 Å². The van der Waals surface area contributed by atoms with Gasteiger partial charge in [0, 0.05) is 50.1 Å². The van der Waals surface area contributed by atoms with E-state index in [2.05, 4.69) is 37.5 Å². The smallest absolute Gasteiger partial charge is 0.305 e. The van der Waals surface area contributed by atoms with E-state index in [0.29, 0.717) is 51.5 Å². The molecule has 1 saturated heterocycles. The molecule has 0 aromatic rings. The van der Waals surface area contributed by atoms with Gasteiger partial charge in [-0.3, -0.25) is 24.1 Å². The summed E-state index contributed by atoms with van der Waals surface area (Å²) in [5.41, 5.74) is 0. The number of carbonyl (C=O) groups is 4. The van der Waals surface area contributed by atoms with Crippen molar-refractivity contribution in [2.45, 2.75) is 239 Å². The first kappa shape index (κ1) is 59.8. The lowest BCUT2D eigenvalue weighted by molar-refractivity contribution is -0.151. The van der Waals surface area contributed by atoms with E-state index in [9.17, 15) is 24.3 Å². The first-order valence-corrected chi connectivity index (χ1v) is 27.0. The minimum atomic E-state index is -0.156. The van der Waals surface area contributed by atoms with Crippen LogP contribution in [0, 0.1) is 11.8 Å². The highest BCUT2D eigenvalue weighted by molar-refractivity contribution is 5.70. The molecule has 0 aromatic heterocycles. The molecule has 0 spiro atoms. The molecule has 0 radical (unpaired) electrons. The third-order valence-electron chi connectivity index (χ3n) is 13.0. The Morgan fingerprint density at radius 1 is 0.469 bits per heavy atom. The standard InChI is InChI=1S/C53H100N2O9/c1-5-9-13-17-21-31-50(57)61-43-47(44-62-51(58)32-22-18-14-10-6-2)29-25-27-37-54-39-35-49(36-40-54)55(41-42-56)38-28-26-30-48(45-63-52(59)33-23-19-15-11-7-3)46-64-53(60)34-24-20-16-12-8-4/h47-49,56H,5-46H2,1-4H3. The summed E-state index contributed by atoms with van der Waals surface area (Å²) in [6.45, 7) is 14.7. The fourth-order valence-electron chi connectivity index (χ4n) is 8.68. The number of esters is 4. The van der Waals surface area contributed by atoms with Gasteiger partial charge in [-0.15, -0.1) is 0 Å². The Hall–Kier alpha value is -2.24. The Balaban J connectivity index is 2.56. The number of rotatable bonds is 45. The maximum atomic E-state index is 12.5. The fourth-order valence-corrected chi connectivity index (χ4v) is 8.68. The highest BCUT2D eigenvalue weighted by atomic mass is 16.6. The number of nitrogens with zero attached hydrogens (tertiary/aromatic N) is 2. The number of hydrogen-bond donors (Lipinski definition) is 1. The van der Waals surface area contributed by atoms with E-state index < -0.39 is 0 Å². The molecule has 0 amide bonds. The molecular weight excluding hydrogens is 809 g/mol. The molecule has 1 N–H and O–H groups in total. The molecule has 0 unspecified atom stereocenters. The Bertz CT molecular complexity index is 1060. The van der Waals surface area contributed by atoms with Gasteiger partial charge in [0.25, 0.3) is 0 Å². The minimum absolute atomic E-state index is 0.0152. The maximum absolute atomic E-state index is 12.5. The topological polar surface area (TPSA) is 132 Å². The number of carbonyl (C=O) groups excluding carboxylic acids is 4. The van der Waals surface area contributed by atoms with Crippen LogP contribution in [0.1, 0.15) is 233 Å². The second-order valence-electron chi connectivity index (χ2n) is 18.9. The molecule has 0 bridgehead atoms. The van der Waals surface area contributed by atoms with Crippen molar-refractivity contribution in [1.82, 2.24) is 9.80 Å². The lowest BCUT2D eigenvalue weighted by atomic mass is 10.00. The van der Waals surface area contributed by atoms with E-state index >= 15 is 0 Å². The molecule has 0 atom stereocenters. The van der Waals surface area contributed by atoms with Crippen molar-refractivity contribution < 1.29 is 43.2 Å². The van der Waals surface area contributed by atoms with Crippen LogP contribution in [-0.4, -0.2) is 111 Å². The van der Waals surface area contributed by atoms with Crippen LogP contribution in [0.4, 0.5) is 0 Å². The number of aliphatic hydroxyl groups excluding tert-OH is 1. The minimum Gasteiger partial charge on any atom is -0.465 e. The molecule has 64 heavy (non-hydrogen) atoms. The van der Waals surface area contributed by atoms with Crippen molar-refractivity contribution in [2.24, 2.45) is 11.8 Å². The van der Waals surface area contributed by atoms with Gasteiger partial charge in [-0.2, -0.15) is 0 Å². The molecular formula is C53H100N2O9. The van der Waals surface area contributed by atoms with Gasteiger partial charge in [-0.05, 0) is 90.4 Å². The van der Waals surface area contributed by atoms with Crippen molar-refractivity contribution in [3.05, 3.63) is 0 Å². The van der Waals surface area contributed by atoms with Gasteiger partial charge in [0.2, 0.25) is 0 Å². The van der Waals surface area contributed by atoms with Crippen molar-refractivity contribution in [2.75, 3.05) is 65.8 Å². The molecule has 1 heterocycles. The number of piperidine rings is 1. The largest absolute Gasteiger partial charge is 0.465 e. The van der Waals surface area contributed by atoms with Crippen LogP contribution in [0.5, 0.6) is 0 Å². The number of hydrogen-bond acceptors (Lipinski definition) is 11. The second kappa shape index (κ2) is 43.3. The monoisotopic (exact) mass is 909 g/mol. The summed E-state index contributed by atoms with van der Waals surface area (Å²) in [5, 5.41) is 9.97. The molecule has 0 saturated carbocycles. The van der Waals surface area contributed by atoms with Gasteiger partial charge in [0.05, 0.1) is 33.0 Å². The van der Waals surface area contributed by atoms with Gasteiger partial charge < -0.3 is 29.0 Å². The zero-order valence-electron chi connectivity index (χ0n) is 42.0. The van der Waals surface area contributed by atoms with Gasteiger partial charge >= 0.3 is 23.9 Å². The Morgan fingerprint density at radius 3 is 1.16 bits per heavy atom. The zero-order valence-corrected chi connectivity index (χ0v) is 42.0. The highest BCUT2D eigenvalue weighted by Gasteiger charge is 2.25. The van der Waals surface area contributed by atoms with E-state index in [-0.39, 0.29) is 55.5 Å². The van der Waals surface area contributed by atoms with Gasteiger partial charge in [0.15, 0.2) is 0 Å². The summed E-state index contributed by atoms with van der Waals surface area (Å²) < 4.78 is 22.8. The SMILES string of the molecule is CCCCCCCC(=O)OCC(CCCCN1CCC(N(CCO)CCCCC(COC(=O)CCCCCCC)COC(=O)CCCCCCC)CC1)COC(=O)CCCCCCC. The third-order valence-corrected chi connectivity index (χ3v) is 13.0. The molecule has 1 aliphatic heterocycles. The summed E-state index contributed by atoms with van der Waals surface area (Å²) in [6, 6.07) is 0.433. The number of ether oxygens (including phenoxy) is 4. The quantitative estimate of drug-likeness (QED) is 0.0356. The Morgan fingerprint density at radius 2 is 0.812 bits per heavy atom. The molecule has 0 aliphatic carbocycles. The first-order valence-electron chi connectivity index (χ1n) is 27.0. The van der Waals surface area contributed by atoms with Crippen LogP contribution in [0.15, 0.2) is 0 Å². The predicted molar refractivity (Wildman–Crippen MR) is 260 cm³/mol. The fraction of sp³-hybridized carbons (Fsp3) is 0.925. The summed E-state index contributed by atoms with van der Waals surface area (Å²) >= 11 is 0. The molecule has 11 heteroatoms. The summed E-state index contributed by atoms with van der Waals surface area (Å²) in [5.74, 6) is -0.602. The lowest BCUT2D eigenvalue weighted by Crippen LogP contribution is -2.46. The van der Waals surface area contributed by atoms with Crippen LogP contribution < -0.4 is 0 Å². The zero-order chi connectivity index (χ0) is 46.7. The summed E-state index contributed by atoms with van der Waals surface area (Å²) in [6.07, 6.45) is 31.3. The first-order chi connectivity index (χ1) is 31.3. The summed E-state index contributed by atoms with van der Waals surface area (Å²) in [4.78, 5) is 55.0. The number of likely N-dealkylation sites (tertiary alicyclic amines) is 1. The predicted octanol–water partition coefficient (Wildman–Crippen LogP) is 11.9. The highest BCUT2D eigenvalue weighted by Crippen LogP contribution is 2.21. The van der Waals surface area contributed by atoms with Crippen LogP contribution in [0.2, 0.25) is 0 Å². The van der Waals surface area contributed by atoms with Crippen LogP contribution in [0.3, 0.4) is 0 Å². The average molecular weight is 909 g/mol. The van der Waals surface area contributed by atoms with Crippen molar-refractivity contribution >= 4 is 23.9 Å². The number of aliphatic hydroxyl groups is 1.